The number of aliphatic imine (C=N–C) groups is 2. The van der Waals surface area contributed by atoms with Gasteiger partial charge >= 0.3 is 0 Å². The lowest BCUT2D eigenvalue weighted by Gasteiger charge is -2.15. The van der Waals surface area contributed by atoms with Gasteiger partial charge in [0.25, 0.3) is 5.91 Å². The van der Waals surface area contributed by atoms with Crippen molar-refractivity contribution in [1.82, 2.24) is 15.5 Å². The molecule has 2 aromatic rings. The van der Waals surface area contributed by atoms with Crippen molar-refractivity contribution in [2.45, 2.75) is 54.5 Å². The van der Waals surface area contributed by atoms with Gasteiger partial charge in [-0.05, 0) is 82.9 Å². The number of likely N-dealkylation sites (N-methyl/N-ethyl adjacent to an activating group) is 1. The summed E-state index contributed by atoms with van der Waals surface area (Å²) in [4.78, 5) is 24.3. The smallest absolute Gasteiger partial charge is 0.261 e. The lowest BCUT2D eigenvalue weighted by atomic mass is 10.2. The van der Waals surface area contributed by atoms with E-state index < -0.39 is 0 Å². The molecule has 1 aromatic carbocycles. The Morgan fingerprint density at radius 1 is 1.16 bits per heavy atom. The molecule has 0 fully saturated rings. The number of aliphatic hydroxyl groups is 1. The molecule has 0 aliphatic carbocycles. The molecule has 0 atom stereocenters. The quantitative estimate of drug-likeness (QED) is 0.113. The van der Waals surface area contributed by atoms with E-state index in [2.05, 4.69) is 71.9 Å². The molecule has 0 saturated carbocycles. The molecule has 0 radical (unpaired) electrons. The van der Waals surface area contributed by atoms with Gasteiger partial charge in [0, 0.05) is 25.0 Å². The van der Waals surface area contributed by atoms with Crippen LogP contribution in [0, 0.1) is 12.3 Å². The highest BCUT2D eigenvalue weighted by Crippen LogP contribution is 2.19. The average Bonchev–Trinajstić information content (AvgIpc) is 3.51. The molecule has 0 spiro atoms. The highest BCUT2D eigenvalue weighted by molar-refractivity contribution is 7.16. The predicted molar refractivity (Wildman–Crippen MR) is 186 cm³/mol. The number of hydrogen-bond donors (Lipinski definition) is 4. The molecule has 0 bridgehead atoms. The van der Waals surface area contributed by atoms with Crippen LogP contribution in [-0.4, -0.2) is 66.4 Å². The zero-order chi connectivity index (χ0) is 32.9. The first-order chi connectivity index (χ1) is 20.7. The Labute approximate surface area is 263 Å². The zero-order valence-corrected chi connectivity index (χ0v) is 27.6. The summed E-state index contributed by atoms with van der Waals surface area (Å²) in [6, 6.07) is 10.4. The van der Waals surface area contributed by atoms with E-state index in [1.165, 1.54) is 11.3 Å². The van der Waals surface area contributed by atoms with E-state index in [-0.39, 0.29) is 18.3 Å². The van der Waals surface area contributed by atoms with Gasteiger partial charge in [0.15, 0.2) is 0 Å². The zero-order valence-electron chi connectivity index (χ0n) is 26.8. The molecular formula is C34H51N5O3S. The van der Waals surface area contributed by atoms with E-state index in [0.29, 0.717) is 18.1 Å². The molecule has 1 amide bonds. The van der Waals surface area contributed by atoms with Crippen molar-refractivity contribution < 1.29 is 15.0 Å². The van der Waals surface area contributed by atoms with Gasteiger partial charge in [-0.2, -0.15) is 0 Å². The second-order valence-electron chi connectivity index (χ2n) is 8.60. The Bertz CT molecular complexity index is 1170. The van der Waals surface area contributed by atoms with Crippen LogP contribution in [0.15, 0.2) is 83.1 Å². The first-order valence-electron chi connectivity index (χ1n) is 14.2. The molecule has 1 aromatic heterocycles. The predicted octanol–water partition coefficient (Wildman–Crippen LogP) is 6.40. The standard InChI is InChI=1S/C21H24N4O2S.C6H15NO.C4H8.C3H4/c1-4-15(2)24-14-25-18(10-11-22-3)19-8-9-20(28-19)21(27)23-13-16-6-5-7-17(26)12-16;1-3-7(4-2)5-6-8;1-3-4-2;1-3-2/h4-12,24,26H,3,13-14H2,1-2H3,(H,23,27);8H,3-6H2,1-2H3;3H,1,4H2,2H3;1H,2H3/b11-10-,15-4+,25-18+;;;. The van der Waals surface area contributed by atoms with Gasteiger partial charge in [0.1, 0.15) is 12.4 Å². The van der Waals surface area contributed by atoms with Gasteiger partial charge < -0.3 is 25.7 Å². The number of aromatic hydroxyl groups is 1. The molecule has 43 heavy (non-hydrogen) atoms. The number of aliphatic hydroxyl groups excluding tert-OH is 1. The van der Waals surface area contributed by atoms with Crippen LogP contribution in [0.1, 0.15) is 68.1 Å². The monoisotopic (exact) mass is 609 g/mol. The molecule has 236 valence electrons. The van der Waals surface area contributed by atoms with Crippen molar-refractivity contribution in [3.8, 4) is 18.1 Å². The van der Waals surface area contributed by atoms with Crippen LogP contribution < -0.4 is 10.6 Å². The fourth-order valence-electron chi connectivity index (χ4n) is 2.90. The summed E-state index contributed by atoms with van der Waals surface area (Å²) in [5, 5.41) is 24.0. The Morgan fingerprint density at radius 3 is 2.28 bits per heavy atom. The molecule has 4 N–H and O–H groups in total. The molecule has 0 saturated heterocycles. The SMILES string of the molecule is C#CC.C=CCC.C=N/C=C\C(=N/CN/C(C)=C/C)c1ccc(C(=O)NCc2cccc(O)c2)s1.CCN(CC)CCO. The fourth-order valence-corrected chi connectivity index (χ4v) is 3.81. The number of benzene rings is 1. The number of amides is 1. The average molecular weight is 610 g/mol. The van der Waals surface area contributed by atoms with Crippen LogP contribution in [0.25, 0.3) is 0 Å². The summed E-state index contributed by atoms with van der Waals surface area (Å²) < 4.78 is 0. The van der Waals surface area contributed by atoms with E-state index in [9.17, 15) is 9.90 Å². The Kier molecular flexibility index (Phi) is 27.0. The van der Waals surface area contributed by atoms with Gasteiger partial charge in [-0.25, -0.2) is 0 Å². The Morgan fingerprint density at radius 2 is 1.79 bits per heavy atom. The first-order valence-corrected chi connectivity index (χ1v) is 15.0. The van der Waals surface area contributed by atoms with Gasteiger partial charge in [0.05, 0.1) is 22.1 Å². The minimum absolute atomic E-state index is 0.173. The minimum Gasteiger partial charge on any atom is -0.508 e. The minimum atomic E-state index is -0.173. The van der Waals surface area contributed by atoms with Gasteiger partial charge in [-0.15, -0.1) is 30.3 Å². The molecule has 9 heteroatoms. The third-order valence-corrected chi connectivity index (χ3v) is 6.53. The van der Waals surface area contributed by atoms with Crippen molar-refractivity contribution in [1.29, 1.82) is 0 Å². The summed E-state index contributed by atoms with van der Waals surface area (Å²) in [5.74, 6) is 2.25. The number of phenols is 1. The van der Waals surface area contributed by atoms with Crippen LogP contribution in [0.4, 0.5) is 0 Å². The number of carbonyl (C=O) groups excluding carboxylic acids is 1. The maximum absolute atomic E-state index is 12.4. The second-order valence-corrected chi connectivity index (χ2v) is 9.68. The summed E-state index contributed by atoms with van der Waals surface area (Å²) in [6.45, 7) is 22.7. The van der Waals surface area contributed by atoms with Crippen molar-refractivity contribution in [3.05, 3.63) is 88.4 Å². The number of rotatable bonds is 14. The van der Waals surface area contributed by atoms with Gasteiger partial charge in [0.2, 0.25) is 0 Å². The number of phenolic OH excluding ortho intramolecular Hbond substituents is 1. The van der Waals surface area contributed by atoms with Crippen LogP contribution >= 0.6 is 11.3 Å². The van der Waals surface area contributed by atoms with Gasteiger partial charge in [-0.1, -0.05) is 45.1 Å². The van der Waals surface area contributed by atoms with Crippen molar-refractivity contribution in [3.63, 3.8) is 0 Å². The Balaban J connectivity index is 0. The number of nitrogens with one attached hydrogen (secondary N) is 2. The summed E-state index contributed by atoms with van der Waals surface area (Å²) in [5.41, 5.74) is 2.59. The fraction of sp³-hybridized carbons (Fsp3) is 0.382. The number of thiophene rings is 1. The lowest BCUT2D eigenvalue weighted by molar-refractivity contribution is 0.0955. The second kappa shape index (κ2) is 28.2. The maximum atomic E-state index is 12.4. The number of hydrogen-bond acceptors (Lipinski definition) is 8. The number of terminal acetylenes is 1. The van der Waals surface area contributed by atoms with Crippen molar-refractivity contribution in [2.75, 3.05) is 32.9 Å². The van der Waals surface area contributed by atoms with Crippen molar-refractivity contribution in [2.24, 2.45) is 9.98 Å². The van der Waals surface area contributed by atoms with E-state index >= 15 is 0 Å². The Hall–Kier alpha value is -3.97. The largest absolute Gasteiger partial charge is 0.508 e. The van der Waals surface area contributed by atoms with Crippen LogP contribution in [0.3, 0.4) is 0 Å². The van der Waals surface area contributed by atoms with Crippen molar-refractivity contribution >= 4 is 29.7 Å². The summed E-state index contributed by atoms with van der Waals surface area (Å²) in [6.07, 6.45) is 12.9. The molecule has 2 rings (SSSR count). The highest BCUT2D eigenvalue weighted by atomic mass is 32.1. The van der Waals surface area contributed by atoms with Crippen LogP contribution in [0.5, 0.6) is 5.75 Å². The number of nitrogens with zero attached hydrogens (tertiary/aromatic N) is 3. The maximum Gasteiger partial charge on any atom is 0.261 e. The van der Waals surface area contributed by atoms with E-state index in [1.807, 2.05) is 38.1 Å². The molecule has 0 aliphatic rings. The van der Waals surface area contributed by atoms with E-state index in [0.717, 1.165) is 47.9 Å². The molecular weight excluding hydrogens is 558 g/mol. The lowest BCUT2D eigenvalue weighted by Crippen LogP contribution is -2.25. The number of carbonyl (C=O) groups is 1. The topological polar surface area (TPSA) is 110 Å². The first kappa shape index (κ1) is 41.2. The van der Waals surface area contributed by atoms with E-state index in [1.54, 1.807) is 43.5 Å². The van der Waals surface area contributed by atoms with Crippen LogP contribution in [0.2, 0.25) is 0 Å². The van der Waals surface area contributed by atoms with Gasteiger partial charge in [-0.3, -0.25) is 14.8 Å². The van der Waals surface area contributed by atoms with E-state index in [4.69, 9.17) is 5.11 Å². The third-order valence-electron chi connectivity index (χ3n) is 5.42. The number of allylic oxidation sites excluding steroid dienone is 4. The normalized spacial score (nSPS) is 10.7. The third kappa shape index (κ3) is 21.4. The highest BCUT2D eigenvalue weighted by Gasteiger charge is 2.11. The van der Waals surface area contributed by atoms with Crippen LogP contribution in [-0.2, 0) is 6.54 Å². The summed E-state index contributed by atoms with van der Waals surface area (Å²) >= 11 is 1.35. The molecule has 8 nitrogen and oxygen atoms in total. The molecule has 0 unspecified atom stereocenters. The molecule has 1 heterocycles. The molecule has 0 aliphatic heterocycles. The summed E-state index contributed by atoms with van der Waals surface area (Å²) in [7, 11) is 0.